The molecule has 1 rings (SSSR count). The molecule has 0 bridgehead atoms. The number of aryl methyl sites for hydroxylation is 1. The number of halogens is 1. The van der Waals surface area contributed by atoms with Crippen LogP contribution in [-0.4, -0.2) is 14.2 Å². The Labute approximate surface area is 87.8 Å². The third-order valence-corrected chi connectivity index (χ3v) is 2.23. The summed E-state index contributed by atoms with van der Waals surface area (Å²) in [6, 6.07) is 3.70. The Hall–Kier alpha value is -1.40. The molecular formula is C10H10ClNO2. The van der Waals surface area contributed by atoms with Crippen molar-refractivity contribution in [3.8, 4) is 17.6 Å². The van der Waals surface area contributed by atoms with Gasteiger partial charge in [0.1, 0.15) is 16.8 Å². The SMILES string of the molecule is COc1c(C)cc(C#N)c(OC)c1Cl. The lowest BCUT2D eigenvalue weighted by atomic mass is 10.1. The number of benzene rings is 1. The van der Waals surface area contributed by atoms with Gasteiger partial charge in [0.25, 0.3) is 0 Å². The quantitative estimate of drug-likeness (QED) is 0.755. The predicted octanol–water partition coefficient (Wildman–Crippen LogP) is 2.54. The first kappa shape index (κ1) is 10.7. The minimum Gasteiger partial charge on any atom is -0.495 e. The van der Waals surface area contributed by atoms with E-state index in [4.69, 9.17) is 26.3 Å². The first-order chi connectivity index (χ1) is 6.65. The topological polar surface area (TPSA) is 42.2 Å². The molecule has 0 atom stereocenters. The normalized spacial score (nSPS) is 9.36. The molecule has 0 saturated carbocycles. The van der Waals surface area contributed by atoms with Crippen molar-refractivity contribution < 1.29 is 9.47 Å². The van der Waals surface area contributed by atoms with Gasteiger partial charge in [-0.1, -0.05) is 11.6 Å². The molecule has 0 radical (unpaired) electrons. The van der Waals surface area contributed by atoms with Gasteiger partial charge in [-0.25, -0.2) is 0 Å². The predicted molar refractivity (Wildman–Crippen MR) is 54.0 cm³/mol. The Morgan fingerprint density at radius 3 is 2.29 bits per heavy atom. The van der Waals surface area contributed by atoms with Crippen LogP contribution in [0.15, 0.2) is 6.07 Å². The van der Waals surface area contributed by atoms with Crippen molar-refractivity contribution in [1.82, 2.24) is 0 Å². The lowest BCUT2D eigenvalue weighted by Gasteiger charge is -2.11. The van der Waals surface area contributed by atoms with Crippen LogP contribution in [-0.2, 0) is 0 Å². The van der Waals surface area contributed by atoms with E-state index in [1.54, 1.807) is 6.07 Å². The summed E-state index contributed by atoms with van der Waals surface area (Å²) in [6.45, 7) is 1.82. The zero-order valence-corrected chi connectivity index (χ0v) is 8.97. The molecule has 74 valence electrons. The number of methoxy groups -OCH3 is 2. The second-order valence-electron chi connectivity index (χ2n) is 2.73. The number of nitriles is 1. The molecule has 0 saturated heterocycles. The molecule has 0 N–H and O–H groups in total. The van der Waals surface area contributed by atoms with Crippen molar-refractivity contribution in [2.24, 2.45) is 0 Å². The van der Waals surface area contributed by atoms with Crippen LogP contribution in [0.2, 0.25) is 5.02 Å². The molecule has 0 heterocycles. The fourth-order valence-electron chi connectivity index (χ4n) is 1.28. The second-order valence-corrected chi connectivity index (χ2v) is 3.11. The van der Waals surface area contributed by atoms with Gasteiger partial charge in [0.05, 0.1) is 19.8 Å². The van der Waals surface area contributed by atoms with Crippen LogP contribution in [0.1, 0.15) is 11.1 Å². The van der Waals surface area contributed by atoms with Crippen LogP contribution in [0.4, 0.5) is 0 Å². The Morgan fingerprint density at radius 2 is 1.86 bits per heavy atom. The van der Waals surface area contributed by atoms with Crippen molar-refractivity contribution in [2.45, 2.75) is 6.92 Å². The van der Waals surface area contributed by atoms with E-state index in [0.29, 0.717) is 22.1 Å². The van der Waals surface area contributed by atoms with Gasteiger partial charge >= 0.3 is 0 Å². The van der Waals surface area contributed by atoms with Gasteiger partial charge < -0.3 is 9.47 Å². The molecule has 0 aliphatic carbocycles. The highest BCUT2D eigenvalue weighted by atomic mass is 35.5. The molecule has 1 aromatic carbocycles. The molecule has 0 spiro atoms. The van der Waals surface area contributed by atoms with Crippen LogP contribution in [0.25, 0.3) is 0 Å². The van der Waals surface area contributed by atoms with E-state index in [2.05, 4.69) is 0 Å². The largest absolute Gasteiger partial charge is 0.495 e. The average molecular weight is 212 g/mol. The molecule has 0 aliphatic rings. The lowest BCUT2D eigenvalue weighted by Crippen LogP contribution is -1.95. The fraction of sp³-hybridized carbons (Fsp3) is 0.300. The molecule has 4 heteroatoms. The van der Waals surface area contributed by atoms with Crippen LogP contribution in [0, 0.1) is 18.3 Å². The second kappa shape index (κ2) is 4.21. The van der Waals surface area contributed by atoms with Gasteiger partial charge in [-0.2, -0.15) is 5.26 Å². The lowest BCUT2D eigenvalue weighted by molar-refractivity contribution is 0.392. The van der Waals surface area contributed by atoms with Gasteiger partial charge in [-0.3, -0.25) is 0 Å². The summed E-state index contributed by atoms with van der Waals surface area (Å²) in [5.74, 6) is 0.902. The Kier molecular flexibility index (Phi) is 3.21. The molecule has 0 unspecified atom stereocenters. The summed E-state index contributed by atoms with van der Waals surface area (Å²) in [5, 5.41) is 9.17. The molecular weight excluding hydrogens is 202 g/mol. The van der Waals surface area contributed by atoms with Crippen LogP contribution < -0.4 is 9.47 Å². The minimum absolute atomic E-state index is 0.339. The van der Waals surface area contributed by atoms with Crippen LogP contribution in [0.5, 0.6) is 11.5 Å². The minimum atomic E-state index is 0.339. The molecule has 0 fully saturated rings. The van der Waals surface area contributed by atoms with E-state index in [0.717, 1.165) is 5.56 Å². The third kappa shape index (κ3) is 1.61. The summed E-state index contributed by atoms with van der Waals surface area (Å²) in [5.41, 5.74) is 1.23. The maximum atomic E-state index is 8.83. The van der Waals surface area contributed by atoms with Crippen molar-refractivity contribution in [3.63, 3.8) is 0 Å². The fourth-order valence-corrected chi connectivity index (χ4v) is 1.68. The number of rotatable bonds is 2. The van der Waals surface area contributed by atoms with Crippen molar-refractivity contribution in [2.75, 3.05) is 14.2 Å². The maximum Gasteiger partial charge on any atom is 0.159 e. The van der Waals surface area contributed by atoms with Crippen molar-refractivity contribution in [3.05, 3.63) is 22.2 Å². The highest BCUT2D eigenvalue weighted by molar-refractivity contribution is 6.33. The molecule has 0 aliphatic heterocycles. The molecule has 14 heavy (non-hydrogen) atoms. The standard InChI is InChI=1S/C10H10ClNO2/c1-6-4-7(5-12)10(14-3)8(11)9(6)13-2/h4H,1-3H3. The van der Waals surface area contributed by atoms with Gasteiger partial charge in [0, 0.05) is 0 Å². The van der Waals surface area contributed by atoms with E-state index < -0.39 is 0 Å². The first-order valence-corrected chi connectivity index (χ1v) is 4.34. The van der Waals surface area contributed by atoms with Gasteiger partial charge in [-0.15, -0.1) is 0 Å². The van der Waals surface area contributed by atoms with E-state index >= 15 is 0 Å². The number of nitrogens with zero attached hydrogens (tertiary/aromatic N) is 1. The van der Waals surface area contributed by atoms with E-state index in [1.165, 1.54) is 14.2 Å². The number of hydrogen-bond acceptors (Lipinski definition) is 3. The highest BCUT2D eigenvalue weighted by Gasteiger charge is 2.15. The Bertz CT molecular complexity index is 396. The summed E-state index contributed by atoms with van der Waals surface area (Å²) in [7, 11) is 3.00. The monoisotopic (exact) mass is 211 g/mol. The number of ether oxygens (including phenoxy) is 2. The summed E-state index contributed by atoms with van der Waals surface area (Å²) in [4.78, 5) is 0. The van der Waals surface area contributed by atoms with Crippen LogP contribution in [0.3, 0.4) is 0 Å². The zero-order valence-electron chi connectivity index (χ0n) is 8.22. The van der Waals surface area contributed by atoms with E-state index in [-0.39, 0.29) is 0 Å². The summed E-state index contributed by atoms with van der Waals surface area (Å²) in [6.07, 6.45) is 0. The molecule has 0 amide bonds. The molecule has 3 nitrogen and oxygen atoms in total. The highest BCUT2D eigenvalue weighted by Crippen LogP contribution is 2.39. The molecule has 1 aromatic rings. The number of hydrogen-bond donors (Lipinski definition) is 0. The molecule has 0 aromatic heterocycles. The van der Waals surface area contributed by atoms with E-state index in [1.807, 2.05) is 13.0 Å². The third-order valence-electron chi connectivity index (χ3n) is 1.89. The van der Waals surface area contributed by atoms with Crippen molar-refractivity contribution in [1.29, 1.82) is 5.26 Å². The summed E-state index contributed by atoms with van der Waals surface area (Å²) < 4.78 is 10.1. The smallest absolute Gasteiger partial charge is 0.159 e. The maximum absolute atomic E-state index is 8.83. The first-order valence-electron chi connectivity index (χ1n) is 3.96. The average Bonchev–Trinajstić information content (AvgIpc) is 2.17. The van der Waals surface area contributed by atoms with Gasteiger partial charge in [0.2, 0.25) is 0 Å². The van der Waals surface area contributed by atoms with E-state index in [9.17, 15) is 0 Å². The van der Waals surface area contributed by atoms with Crippen molar-refractivity contribution >= 4 is 11.6 Å². The van der Waals surface area contributed by atoms with Crippen LogP contribution >= 0.6 is 11.6 Å². The summed E-state index contributed by atoms with van der Waals surface area (Å²) >= 11 is 6.00. The van der Waals surface area contributed by atoms with Gasteiger partial charge in [-0.05, 0) is 18.6 Å². The Balaban J connectivity index is 3.49. The zero-order chi connectivity index (χ0) is 10.7. The van der Waals surface area contributed by atoms with Gasteiger partial charge in [0.15, 0.2) is 5.75 Å². The Morgan fingerprint density at radius 1 is 1.29 bits per heavy atom.